The second-order valence-corrected chi connectivity index (χ2v) is 9.09. The third-order valence-corrected chi connectivity index (χ3v) is 4.28. The van der Waals surface area contributed by atoms with Crippen LogP contribution in [0.4, 0.5) is 0 Å². The Morgan fingerprint density at radius 1 is 0.968 bits per heavy atom. The predicted molar refractivity (Wildman–Crippen MR) is 122 cm³/mol. The van der Waals surface area contributed by atoms with Gasteiger partial charge in [0.15, 0.2) is 5.78 Å². The summed E-state index contributed by atoms with van der Waals surface area (Å²) >= 11 is 0. The normalized spacial score (nSPS) is 11.7. The molecule has 0 amide bonds. The maximum absolute atomic E-state index is 11.5. The van der Waals surface area contributed by atoms with E-state index < -0.39 is 5.41 Å². The third kappa shape index (κ3) is 8.64. The molecule has 0 saturated carbocycles. The molecule has 1 heterocycles. The Hall–Kier alpha value is -2.49. The van der Waals surface area contributed by atoms with Crippen molar-refractivity contribution in [1.82, 2.24) is 4.98 Å². The Morgan fingerprint density at radius 3 is 2.13 bits per heavy atom. The van der Waals surface area contributed by atoms with Crippen molar-refractivity contribution in [2.75, 3.05) is 0 Å². The van der Waals surface area contributed by atoms with Gasteiger partial charge in [-0.05, 0) is 5.39 Å². The number of pyridine rings is 1. The molecule has 5 heteroatoms. The molecule has 3 rings (SSSR count). The number of carbonyl (C=O) groups is 1. The molecular weight excluding hydrogens is 567 g/mol. The smallest absolute Gasteiger partial charge is 0.217 e. The van der Waals surface area contributed by atoms with Crippen molar-refractivity contribution in [1.29, 1.82) is 0 Å². The molecule has 0 atom stereocenters. The molecule has 1 aromatic heterocycles. The summed E-state index contributed by atoms with van der Waals surface area (Å²) in [5.41, 5.74) is -0.764. The van der Waals surface area contributed by atoms with Crippen molar-refractivity contribution >= 4 is 16.6 Å². The molecule has 31 heavy (non-hydrogen) atoms. The van der Waals surface area contributed by atoms with Crippen LogP contribution < -0.4 is 4.74 Å². The molecule has 1 radical (unpaired) electrons. The van der Waals surface area contributed by atoms with Gasteiger partial charge in [0.25, 0.3) is 0 Å². The van der Waals surface area contributed by atoms with Gasteiger partial charge in [-0.1, -0.05) is 65.8 Å². The number of carbonyl (C=O) groups excluding carboxylic acids is 1. The first-order valence-corrected chi connectivity index (χ1v) is 9.92. The Kier molecular flexibility index (Phi) is 9.61. The van der Waals surface area contributed by atoms with Crippen LogP contribution in [0.5, 0.6) is 11.6 Å². The number of ketones is 1. The van der Waals surface area contributed by atoms with Crippen LogP contribution in [0.25, 0.3) is 10.8 Å². The molecule has 0 aliphatic carbocycles. The molecule has 167 valence electrons. The van der Waals surface area contributed by atoms with Crippen LogP contribution in [-0.2, 0) is 24.9 Å². The molecule has 3 aromatic rings. The number of allylic oxidation sites excluding steroid dienone is 2. The van der Waals surface area contributed by atoms with Crippen molar-refractivity contribution in [3.05, 3.63) is 78.7 Å². The Labute approximate surface area is 198 Å². The minimum absolute atomic E-state index is 0. The van der Waals surface area contributed by atoms with E-state index in [1.165, 1.54) is 6.08 Å². The fourth-order valence-corrected chi connectivity index (χ4v) is 2.23. The Balaban J connectivity index is 0.000000314. The molecular formula is C26H30IrNO3-. The van der Waals surface area contributed by atoms with Crippen LogP contribution in [0.2, 0.25) is 0 Å². The maximum atomic E-state index is 11.5. The summed E-state index contributed by atoms with van der Waals surface area (Å²) in [5.74, 6) is 1.37. The van der Waals surface area contributed by atoms with E-state index in [1.807, 2.05) is 102 Å². The summed E-state index contributed by atoms with van der Waals surface area (Å²) < 4.78 is 5.62. The van der Waals surface area contributed by atoms with Gasteiger partial charge in [0.1, 0.15) is 5.76 Å². The number of fused-ring (bicyclic) bond motifs is 1. The predicted octanol–water partition coefficient (Wildman–Crippen LogP) is 6.91. The summed E-state index contributed by atoms with van der Waals surface area (Å²) in [4.78, 5) is 15.7. The van der Waals surface area contributed by atoms with Gasteiger partial charge in [-0.3, -0.25) is 4.79 Å². The maximum Gasteiger partial charge on any atom is 0.217 e. The SMILES string of the molecule is CC(C)(C)C(=O)/C=C(\O)C(C)(C)C.[Ir].[c-]1ccccc1Oc1cc2ccccc2cn1. The largest absolute Gasteiger partial charge is 0.512 e. The minimum Gasteiger partial charge on any atom is -0.512 e. The van der Waals surface area contributed by atoms with Gasteiger partial charge in [-0.25, -0.2) is 4.98 Å². The fourth-order valence-electron chi connectivity index (χ4n) is 2.23. The van der Waals surface area contributed by atoms with Crippen LogP contribution in [0.15, 0.2) is 72.6 Å². The third-order valence-electron chi connectivity index (χ3n) is 4.28. The number of benzene rings is 2. The van der Waals surface area contributed by atoms with Crippen molar-refractivity contribution in [2.45, 2.75) is 41.5 Å². The number of rotatable bonds is 3. The zero-order valence-electron chi connectivity index (χ0n) is 18.9. The number of nitrogens with zero attached hydrogens (tertiary/aromatic N) is 1. The van der Waals surface area contributed by atoms with E-state index in [1.54, 1.807) is 0 Å². The average molecular weight is 597 g/mol. The van der Waals surface area contributed by atoms with Gasteiger partial charge in [0.05, 0.1) is 0 Å². The Bertz CT molecular complexity index is 1020. The number of para-hydroxylation sites is 1. The van der Waals surface area contributed by atoms with Crippen LogP contribution in [0.3, 0.4) is 0 Å². The zero-order valence-corrected chi connectivity index (χ0v) is 21.3. The molecule has 0 aliphatic rings. The van der Waals surface area contributed by atoms with Crippen molar-refractivity contribution < 1.29 is 34.7 Å². The first kappa shape index (κ1) is 26.5. The topological polar surface area (TPSA) is 59.4 Å². The average Bonchev–Trinajstić information content (AvgIpc) is 2.68. The summed E-state index contributed by atoms with van der Waals surface area (Å²) in [6.45, 7) is 11.1. The van der Waals surface area contributed by atoms with Gasteiger partial charge < -0.3 is 9.84 Å². The van der Waals surface area contributed by atoms with Crippen molar-refractivity contribution in [3.63, 3.8) is 0 Å². The zero-order chi connectivity index (χ0) is 22.4. The molecule has 0 unspecified atom stereocenters. The number of aliphatic hydroxyl groups excluding tert-OH is 1. The fraction of sp³-hybridized carbons (Fsp3) is 0.308. The number of aliphatic hydroxyl groups is 1. The molecule has 0 bridgehead atoms. The van der Waals surface area contributed by atoms with Crippen LogP contribution in [0.1, 0.15) is 41.5 Å². The van der Waals surface area contributed by atoms with E-state index in [0.29, 0.717) is 11.6 Å². The van der Waals surface area contributed by atoms with Gasteiger partial charge in [0.2, 0.25) is 5.88 Å². The van der Waals surface area contributed by atoms with Crippen LogP contribution in [0, 0.1) is 16.9 Å². The molecule has 0 spiro atoms. The summed E-state index contributed by atoms with van der Waals surface area (Å²) in [7, 11) is 0. The van der Waals surface area contributed by atoms with Crippen LogP contribution in [-0.4, -0.2) is 15.9 Å². The number of aromatic nitrogens is 1. The second-order valence-electron chi connectivity index (χ2n) is 9.09. The van der Waals surface area contributed by atoms with Crippen LogP contribution >= 0.6 is 0 Å². The standard InChI is InChI=1S/C15H10NO.C11H20O2.Ir/c1-2-8-14(9-3-1)17-15-10-12-6-4-5-7-13(12)11-16-15;1-10(2,3)8(12)7-9(13)11(4,5)6;/h1-8,10-11H;7,12H,1-6H3;/q-1;;/b;8-7-;. The molecule has 0 aliphatic heterocycles. The van der Waals surface area contributed by atoms with Gasteiger partial charge >= 0.3 is 0 Å². The summed E-state index contributed by atoms with van der Waals surface area (Å²) in [6.07, 6.45) is 3.15. The molecule has 0 fully saturated rings. The van der Waals surface area contributed by atoms with E-state index in [4.69, 9.17) is 4.74 Å². The number of hydrogen-bond donors (Lipinski definition) is 1. The summed E-state index contributed by atoms with van der Waals surface area (Å²) in [5, 5.41) is 11.8. The second kappa shape index (κ2) is 11.2. The number of ether oxygens (including phenoxy) is 1. The van der Waals surface area contributed by atoms with E-state index in [9.17, 15) is 9.90 Å². The molecule has 4 nitrogen and oxygen atoms in total. The van der Waals surface area contributed by atoms with Gasteiger partial charge in [-0.2, -0.15) is 18.2 Å². The van der Waals surface area contributed by atoms with E-state index in [0.717, 1.165) is 10.8 Å². The first-order chi connectivity index (χ1) is 14.0. The van der Waals surface area contributed by atoms with Crippen molar-refractivity contribution in [3.8, 4) is 11.6 Å². The molecule has 1 N–H and O–H groups in total. The summed E-state index contributed by atoms with van der Waals surface area (Å²) in [6, 6.07) is 20.5. The number of hydrogen-bond acceptors (Lipinski definition) is 4. The quantitative estimate of drug-likeness (QED) is 0.203. The molecule has 2 aromatic carbocycles. The molecule has 0 saturated heterocycles. The van der Waals surface area contributed by atoms with Gasteiger partial charge in [-0.15, -0.1) is 12.1 Å². The van der Waals surface area contributed by atoms with E-state index in [-0.39, 0.29) is 37.1 Å². The van der Waals surface area contributed by atoms with Gasteiger partial charge in [0, 0.05) is 60.4 Å². The van der Waals surface area contributed by atoms with E-state index in [2.05, 4.69) is 11.1 Å². The van der Waals surface area contributed by atoms with E-state index >= 15 is 0 Å². The first-order valence-electron chi connectivity index (χ1n) is 9.92. The monoisotopic (exact) mass is 597 g/mol. The Morgan fingerprint density at radius 2 is 1.58 bits per heavy atom. The van der Waals surface area contributed by atoms with Crippen molar-refractivity contribution in [2.24, 2.45) is 10.8 Å². The minimum atomic E-state index is -0.417.